The van der Waals surface area contributed by atoms with Crippen molar-refractivity contribution < 1.29 is 27.9 Å². The summed E-state index contributed by atoms with van der Waals surface area (Å²) in [5, 5.41) is 11.9. The summed E-state index contributed by atoms with van der Waals surface area (Å²) < 4.78 is 32.5. The molecule has 0 spiro atoms. The zero-order valence-electron chi connectivity index (χ0n) is 24.0. The average molecular weight is 545 g/mol. The van der Waals surface area contributed by atoms with Gasteiger partial charge in [-0.2, -0.15) is 4.98 Å². The third kappa shape index (κ3) is 6.48. The van der Waals surface area contributed by atoms with Gasteiger partial charge in [0.25, 0.3) is 0 Å². The van der Waals surface area contributed by atoms with Gasteiger partial charge in [0.1, 0.15) is 17.8 Å². The van der Waals surface area contributed by atoms with E-state index in [-0.39, 0.29) is 23.6 Å². The quantitative estimate of drug-likeness (QED) is 0.370. The summed E-state index contributed by atoms with van der Waals surface area (Å²) in [4.78, 5) is 16.9. The van der Waals surface area contributed by atoms with Crippen LogP contribution in [0.15, 0.2) is 17.1 Å². The van der Waals surface area contributed by atoms with E-state index in [4.69, 9.17) is 22.8 Å². The molecule has 1 aromatic heterocycles. The van der Waals surface area contributed by atoms with Gasteiger partial charge in [-0.1, -0.05) is 55.4 Å². The Kier molecular flexibility index (Phi) is 10.9. The van der Waals surface area contributed by atoms with Crippen molar-refractivity contribution in [1.82, 2.24) is 9.55 Å². The predicted octanol–water partition coefficient (Wildman–Crippen LogP) is 4.14. The van der Waals surface area contributed by atoms with E-state index in [1.54, 1.807) is 26.3 Å². The minimum absolute atomic E-state index is 0.127. The van der Waals surface area contributed by atoms with Gasteiger partial charge >= 0.3 is 14.3 Å². The molecule has 1 saturated heterocycles. The van der Waals surface area contributed by atoms with Crippen LogP contribution >= 0.6 is 0 Å². The maximum atomic E-state index is 12.9. The number of ether oxygens (including phenoxy) is 2. The van der Waals surface area contributed by atoms with Crippen LogP contribution in [0.1, 0.15) is 75.5 Å². The van der Waals surface area contributed by atoms with Crippen LogP contribution in [-0.2, 0) is 18.0 Å². The molecule has 0 saturated carbocycles. The fraction of sp³-hybridized carbons (Fsp3) is 0.840. The molecule has 1 aliphatic rings. The molecule has 0 aliphatic carbocycles. The summed E-state index contributed by atoms with van der Waals surface area (Å²) in [5.41, 5.74) is -0.965. The van der Waals surface area contributed by atoms with Gasteiger partial charge in [-0.05, 0) is 36.0 Å². The number of aliphatic hydroxyl groups is 1. The van der Waals surface area contributed by atoms with E-state index in [0.717, 1.165) is 0 Å². The van der Waals surface area contributed by atoms with Crippen LogP contribution in [0.2, 0.25) is 22.2 Å². The van der Waals surface area contributed by atoms with Crippen LogP contribution in [0.25, 0.3) is 0 Å². The van der Waals surface area contributed by atoms with Crippen LogP contribution in [0.5, 0.6) is 5.88 Å². The Bertz CT molecular complexity index is 875. The smallest absolute Gasteiger partial charge is 0.353 e. The zero-order chi connectivity index (χ0) is 27.4. The van der Waals surface area contributed by atoms with Gasteiger partial charge in [-0.15, -0.1) is 0 Å². The Hall–Kier alpha value is -1.09. The second kappa shape index (κ2) is 12.6. The lowest BCUT2D eigenvalue weighted by atomic mass is 9.96. The number of rotatable bonds is 13. The Morgan fingerprint density at radius 1 is 1.17 bits per heavy atom. The molecular weight excluding hydrogens is 496 g/mol. The van der Waals surface area contributed by atoms with Crippen molar-refractivity contribution in [2.45, 2.75) is 115 Å². The fourth-order valence-electron chi connectivity index (χ4n) is 5.38. The molecule has 0 bridgehead atoms. The molecule has 11 heteroatoms. The summed E-state index contributed by atoms with van der Waals surface area (Å²) in [6.07, 6.45) is -0.805. The minimum Gasteiger partial charge on any atom is -0.478 e. The average Bonchev–Trinajstić information content (AvgIpc) is 3.01. The first-order valence-electron chi connectivity index (χ1n) is 13.2. The van der Waals surface area contributed by atoms with E-state index in [1.807, 2.05) is 6.92 Å². The maximum Gasteiger partial charge on any atom is 0.353 e. The van der Waals surface area contributed by atoms with E-state index in [0.29, 0.717) is 17.7 Å². The molecule has 9 nitrogen and oxygen atoms in total. The largest absolute Gasteiger partial charge is 0.478 e. The summed E-state index contributed by atoms with van der Waals surface area (Å²) in [6.45, 7) is 21.2. The van der Waals surface area contributed by atoms with Crippen molar-refractivity contribution in [2.75, 3.05) is 20.3 Å². The Balaban J connectivity index is 2.50. The SMILES string of the molecule is CCOc1ccn([C@@H]2O[C@H](CO[SiH](C(C)C)C(C)C)C(O[Si](OC)(C(C)C)C(C)C)C2(C)O)c(=O)n1. The highest BCUT2D eigenvalue weighted by Gasteiger charge is 2.59. The van der Waals surface area contributed by atoms with Crippen molar-refractivity contribution in [3.63, 3.8) is 0 Å². The van der Waals surface area contributed by atoms with Gasteiger partial charge < -0.3 is 27.9 Å². The molecule has 0 aromatic carbocycles. The number of hydrogen-bond donors (Lipinski definition) is 1. The number of aromatic nitrogens is 2. The first kappa shape index (κ1) is 31.1. The molecule has 1 aliphatic heterocycles. The van der Waals surface area contributed by atoms with Gasteiger partial charge in [0.15, 0.2) is 15.3 Å². The second-order valence-corrected chi connectivity index (χ2v) is 19.5. The lowest BCUT2D eigenvalue weighted by Crippen LogP contribution is -2.57. The molecule has 2 heterocycles. The van der Waals surface area contributed by atoms with Gasteiger partial charge in [0, 0.05) is 19.4 Å². The van der Waals surface area contributed by atoms with Crippen molar-refractivity contribution >= 4 is 17.6 Å². The topological polar surface area (TPSA) is 101 Å². The van der Waals surface area contributed by atoms with E-state index < -0.39 is 47.3 Å². The summed E-state index contributed by atoms with van der Waals surface area (Å²) in [7, 11) is -2.67. The van der Waals surface area contributed by atoms with Gasteiger partial charge in [-0.3, -0.25) is 4.57 Å². The zero-order valence-corrected chi connectivity index (χ0v) is 26.1. The van der Waals surface area contributed by atoms with Crippen LogP contribution < -0.4 is 10.4 Å². The third-order valence-electron chi connectivity index (χ3n) is 7.07. The second-order valence-electron chi connectivity index (χ2n) is 11.2. The Morgan fingerprint density at radius 3 is 2.19 bits per heavy atom. The normalized spacial score (nSPS) is 25.2. The lowest BCUT2D eigenvalue weighted by Gasteiger charge is -2.42. The predicted molar refractivity (Wildman–Crippen MR) is 145 cm³/mol. The van der Waals surface area contributed by atoms with Crippen molar-refractivity contribution in [3.05, 3.63) is 22.7 Å². The van der Waals surface area contributed by atoms with E-state index >= 15 is 0 Å². The van der Waals surface area contributed by atoms with Crippen molar-refractivity contribution in [2.24, 2.45) is 0 Å². The molecule has 2 unspecified atom stereocenters. The van der Waals surface area contributed by atoms with Crippen molar-refractivity contribution in [1.29, 1.82) is 0 Å². The molecule has 1 aromatic rings. The summed E-state index contributed by atoms with van der Waals surface area (Å²) in [6, 6.07) is 1.60. The minimum atomic E-state index is -2.79. The first-order valence-corrected chi connectivity index (χ1v) is 16.9. The molecule has 4 atom stereocenters. The van der Waals surface area contributed by atoms with E-state index in [2.05, 4.69) is 60.4 Å². The summed E-state index contributed by atoms with van der Waals surface area (Å²) >= 11 is 0. The molecule has 0 radical (unpaired) electrons. The van der Waals surface area contributed by atoms with Gasteiger partial charge in [0.05, 0.1) is 13.2 Å². The van der Waals surface area contributed by atoms with E-state index in [9.17, 15) is 9.90 Å². The van der Waals surface area contributed by atoms with Crippen LogP contribution in [-0.4, -0.2) is 70.4 Å². The maximum absolute atomic E-state index is 12.9. The molecule has 2 rings (SSSR count). The first-order chi connectivity index (χ1) is 16.7. The third-order valence-corrected chi connectivity index (χ3v) is 14.8. The van der Waals surface area contributed by atoms with Gasteiger partial charge in [0.2, 0.25) is 5.88 Å². The monoisotopic (exact) mass is 544 g/mol. The number of hydrogen-bond acceptors (Lipinski definition) is 8. The van der Waals surface area contributed by atoms with Gasteiger partial charge in [-0.25, -0.2) is 4.79 Å². The molecule has 1 fully saturated rings. The highest BCUT2D eigenvalue weighted by Crippen LogP contribution is 2.45. The molecule has 208 valence electrons. The van der Waals surface area contributed by atoms with E-state index in [1.165, 1.54) is 4.57 Å². The van der Waals surface area contributed by atoms with Crippen LogP contribution in [0.3, 0.4) is 0 Å². The fourth-order valence-corrected chi connectivity index (χ4v) is 11.8. The molecular formula is C25H48N2O7Si2. The van der Waals surface area contributed by atoms with Crippen LogP contribution in [0, 0.1) is 0 Å². The summed E-state index contributed by atoms with van der Waals surface area (Å²) in [5.74, 6) is 0.234. The molecule has 1 N–H and O–H groups in total. The standard InChI is InChI=1S/C25H48N2O7Si2/c1-12-31-21-13-14-27(24(28)26-21)23-25(10,29)22(34-36(30-11,18(6)7)19(8)9)20(33-23)15-32-35(16(2)3)17(4)5/h13-14,16-20,22-23,29,35H,12,15H2,1-11H3/t20-,22?,23-,25?/m1/s1. The number of nitrogens with zero attached hydrogens (tertiary/aromatic N) is 2. The highest BCUT2D eigenvalue weighted by molar-refractivity contribution is 6.70. The Labute approximate surface area is 219 Å². The Morgan fingerprint density at radius 2 is 1.75 bits per heavy atom. The lowest BCUT2D eigenvalue weighted by molar-refractivity contribution is -0.0990. The molecule has 36 heavy (non-hydrogen) atoms. The highest BCUT2D eigenvalue weighted by atomic mass is 28.4. The molecule has 0 amide bonds. The van der Waals surface area contributed by atoms with Crippen molar-refractivity contribution in [3.8, 4) is 5.88 Å². The van der Waals surface area contributed by atoms with Crippen LogP contribution in [0.4, 0.5) is 0 Å².